The van der Waals surface area contributed by atoms with E-state index in [4.69, 9.17) is 4.74 Å². The molecule has 0 bridgehead atoms. The van der Waals surface area contributed by atoms with E-state index in [2.05, 4.69) is 0 Å². The van der Waals surface area contributed by atoms with Crippen LogP contribution in [-0.4, -0.2) is 18.3 Å². The maximum Gasteiger partial charge on any atom is 0.273 e. The number of nitro benzene ring substituents is 1. The van der Waals surface area contributed by atoms with Gasteiger partial charge in [0.15, 0.2) is 0 Å². The second kappa shape index (κ2) is 4.36. The van der Waals surface area contributed by atoms with E-state index in [9.17, 15) is 14.9 Å². The Bertz CT molecular complexity index is 362. The lowest BCUT2D eigenvalue weighted by atomic mass is 10.1. The Morgan fingerprint density at radius 2 is 2.29 bits per heavy atom. The Kier molecular flexibility index (Phi) is 3.17. The zero-order valence-electron chi connectivity index (χ0n) is 7.60. The highest BCUT2D eigenvalue weighted by atomic mass is 16.6. The smallest absolute Gasteiger partial charge is 0.273 e. The molecular formula is C9H9NO4. The number of carbonyl (C=O) groups is 1. The van der Waals surface area contributed by atoms with Crippen molar-refractivity contribution in [2.24, 2.45) is 0 Å². The van der Waals surface area contributed by atoms with Gasteiger partial charge in [-0.15, -0.1) is 0 Å². The van der Waals surface area contributed by atoms with Crippen LogP contribution in [0.25, 0.3) is 0 Å². The average Bonchev–Trinajstić information content (AvgIpc) is 2.17. The fourth-order valence-electron chi connectivity index (χ4n) is 1.12. The number of nitrogens with zero attached hydrogens (tertiary/aromatic N) is 1. The first-order valence-corrected chi connectivity index (χ1v) is 3.94. The molecule has 0 aliphatic rings. The van der Waals surface area contributed by atoms with Crippen molar-refractivity contribution in [3.8, 4) is 5.75 Å². The first-order valence-electron chi connectivity index (χ1n) is 3.94. The van der Waals surface area contributed by atoms with Gasteiger partial charge in [-0.1, -0.05) is 0 Å². The van der Waals surface area contributed by atoms with Crippen LogP contribution in [0.5, 0.6) is 5.75 Å². The molecule has 1 rings (SSSR count). The van der Waals surface area contributed by atoms with Gasteiger partial charge in [0.25, 0.3) is 5.69 Å². The number of methoxy groups -OCH3 is 1. The van der Waals surface area contributed by atoms with Gasteiger partial charge in [0.05, 0.1) is 12.0 Å². The van der Waals surface area contributed by atoms with Crippen LogP contribution in [0.1, 0.15) is 5.56 Å². The topological polar surface area (TPSA) is 69.4 Å². The molecule has 0 aliphatic heterocycles. The highest BCUT2D eigenvalue weighted by molar-refractivity contribution is 5.60. The molecule has 0 fully saturated rings. The summed E-state index contributed by atoms with van der Waals surface area (Å²) in [6.07, 6.45) is 0.648. The molecule has 5 heteroatoms. The molecule has 5 nitrogen and oxygen atoms in total. The summed E-state index contributed by atoms with van der Waals surface area (Å²) in [5.41, 5.74) is 0.308. The molecule has 0 amide bonds. The highest BCUT2D eigenvalue weighted by Gasteiger charge is 2.13. The summed E-state index contributed by atoms with van der Waals surface area (Å²) in [7, 11) is 1.46. The highest BCUT2D eigenvalue weighted by Crippen LogP contribution is 2.23. The van der Waals surface area contributed by atoms with E-state index >= 15 is 0 Å². The van der Waals surface area contributed by atoms with Crippen LogP contribution in [0.3, 0.4) is 0 Å². The van der Waals surface area contributed by atoms with Crippen LogP contribution < -0.4 is 4.74 Å². The van der Waals surface area contributed by atoms with Gasteiger partial charge in [0.1, 0.15) is 12.0 Å². The molecular weight excluding hydrogens is 186 g/mol. The first kappa shape index (κ1) is 10.2. The quantitative estimate of drug-likeness (QED) is 0.413. The summed E-state index contributed by atoms with van der Waals surface area (Å²) in [5, 5.41) is 10.5. The van der Waals surface area contributed by atoms with Crippen molar-refractivity contribution < 1.29 is 14.5 Å². The van der Waals surface area contributed by atoms with Crippen molar-refractivity contribution in [2.75, 3.05) is 7.11 Å². The van der Waals surface area contributed by atoms with Gasteiger partial charge < -0.3 is 9.53 Å². The van der Waals surface area contributed by atoms with Crippen molar-refractivity contribution in [3.05, 3.63) is 33.9 Å². The van der Waals surface area contributed by atoms with Crippen molar-refractivity contribution in [1.29, 1.82) is 0 Å². The number of aldehydes is 1. The predicted molar refractivity (Wildman–Crippen MR) is 49.4 cm³/mol. The molecule has 0 aromatic heterocycles. The van der Waals surface area contributed by atoms with E-state index in [0.717, 1.165) is 0 Å². The Labute approximate surface area is 80.5 Å². The van der Waals surface area contributed by atoms with E-state index < -0.39 is 4.92 Å². The minimum atomic E-state index is -0.516. The lowest BCUT2D eigenvalue weighted by Gasteiger charge is -2.02. The zero-order valence-corrected chi connectivity index (χ0v) is 7.60. The van der Waals surface area contributed by atoms with Crippen LogP contribution in [-0.2, 0) is 11.2 Å². The number of hydrogen-bond donors (Lipinski definition) is 0. The fraction of sp³-hybridized carbons (Fsp3) is 0.222. The van der Waals surface area contributed by atoms with Crippen molar-refractivity contribution >= 4 is 12.0 Å². The molecule has 1 aromatic rings. The number of rotatable bonds is 4. The molecule has 74 valence electrons. The maximum atomic E-state index is 10.5. The van der Waals surface area contributed by atoms with Crippen LogP contribution in [0.15, 0.2) is 18.2 Å². The molecule has 1 aromatic carbocycles. The summed E-state index contributed by atoms with van der Waals surface area (Å²) < 4.78 is 4.90. The molecule has 0 N–H and O–H groups in total. The van der Waals surface area contributed by atoms with Gasteiger partial charge in [-0.25, -0.2) is 0 Å². The van der Waals surface area contributed by atoms with Gasteiger partial charge in [-0.05, 0) is 12.1 Å². The van der Waals surface area contributed by atoms with Crippen LogP contribution in [0.2, 0.25) is 0 Å². The number of carbonyl (C=O) groups excluding carboxylic acids is 1. The largest absolute Gasteiger partial charge is 0.497 e. The third-order valence-corrected chi connectivity index (χ3v) is 1.79. The van der Waals surface area contributed by atoms with Crippen molar-refractivity contribution in [1.82, 2.24) is 0 Å². The lowest BCUT2D eigenvalue weighted by molar-refractivity contribution is -0.385. The van der Waals surface area contributed by atoms with Crippen LogP contribution >= 0.6 is 0 Å². The van der Waals surface area contributed by atoms with Gasteiger partial charge in [0.2, 0.25) is 0 Å². The summed E-state index contributed by atoms with van der Waals surface area (Å²) in [4.78, 5) is 20.3. The van der Waals surface area contributed by atoms with Crippen LogP contribution in [0.4, 0.5) is 5.69 Å². The van der Waals surface area contributed by atoms with Crippen molar-refractivity contribution in [2.45, 2.75) is 6.42 Å². The lowest BCUT2D eigenvalue weighted by Crippen LogP contribution is -1.97. The predicted octanol–water partition coefficient (Wildman–Crippen LogP) is 1.34. The molecule has 0 saturated carbocycles. The van der Waals surface area contributed by atoms with E-state index in [1.54, 1.807) is 0 Å². The third kappa shape index (κ3) is 2.07. The second-order valence-corrected chi connectivity index (χ2v) is 2.62. The summed E-state index contributed by atoms with van der Waals surface area (Å²) in [5.74, 6) is 0.507. The average molecular weight is 195 g/mol. The van der Waals surface area contributed by atoms with E-state index in [1.807, 2.05) is 0 Å². The normalized spacial score (nSPS) is 9.50. The van der Waals surface area contributed by atoms with Gasteiger partial charge >= 0.3 is 0 Å². The van der Waals surface area contributed by atoms with Gasteiger partial charge in [0, 0.05) is 18.1 Å². The van der Waals surface area contributed by atoms with E-state index in [-0.39, 0.29) is 12.1 Å². The maximum absolute atomic E-state index is 10.5. The number of nitro groups is 1. The van der Waals surface area contributed by atoms with Gasteiger partial charge in [-0.3, -0.25) is 10.1 Å². The first-order chi connectivity index (χ1) is 6.69. The third-order valence-electron chi connectivity index (χ3n) is 1.79. The van der Waals surface area contributed by atoms with Crippen molar-refractivity contribution in [3.63, 3.8) is 0 Å². The summed E-state index contributed by atoms with van der Waals surface area (Å²) in [6, 6.07) is 4.32. The van der Waals surface area contributed by atoms with Gasteiger partial charge in [-0.2, -0.15) is 0 Å². The zero-order chi connectivity index (χ0) is 10.6. The molecule has 0 atom stereocenters. The van der Waals surface area contributed by atoms with E-state index in [0.29, 0.717) is 17.6 Å². The minimum absolute atomic E-state index is 0.0213. The standard InChI is InChI=1S/C9H9NO4/c1-14-8-2-3-9(10(12)13)7(6-8)4-5-11/h2-3,5-6H,4H2,1H3. The summed E-state index contributed by atoms with van der Waals surface area (Å²) in [6.45, 7) is 0. The minimum Gasteiger partial charge on any atom is -0.497 e. The van der Waals surface area contributed by atoms with Crippen LogP contribution in [0, 0.1) is 10.1 Å². The Balaban J connectivity index is 3.16. The molecule has 0 aliphatic carbocycles. The SMILES string of the molecule is COc1ccc([N+](=O)[O-])c(CC=O)c1. The number of hydrogen-bond acceptors (Lipinski definition) is 4. The summed E-state index contributed by atoms with van der Waals surface area (Å²) >= 11 is 0. The molecule has 0 heterocycles. The Morgan fingerprint density at radius 3 is 2.79 bits per heavy atom. The monoisotopic (exact) mass is 195 g/mol. The Hall–Kier alpha value is -1.91. The molecule has 0 unspecified atom stereocenters. The molecule has 0 spiro atoms. The molecule has 0 saturated heterocycles. The van der Waals surface area contributed by atoms with E-state index in [1.165, 1.54) is 25.3 Å². The molecule has 0 radical (unpaired) electrons. The Morgan fingerprint density at radius 1 is 1.57 bits per heavy atom. The number of benzene rings is 1. The number of ether oxygens (including phenoxy) is 1. The second-order valence-electron chi connectivity index (χ2n) is 2.62. The fourth-order valence-corrected chi connectivity index (χ4v) is 1.12. The molecule has 14 heavy (non-hydrogen) atoms.